The Morgan fingerprint density at radius 2 is 2.27 bits per heavy atom. The maximum atomic E-state index is 10.5. The molecule has 0 saturated heterocycles. The molecule has 0 saturated carbocycles. The van der Waals surface area contributed by atoms with Crippen LogP contribution in [0.2, 0.25) is 6.82 Å². The molecule has 63 valence electrons. The topological polar surface area (TPSA) is 38.3 Å². The van der Waals surface area contributed by atoms with Gasteiger partial charge in [-0.05, 0) is 6.92 Å². The van der Waals surface area contributed by atoms with Crippen molar-refractivity contribution in [2.24, 2.45) is 0 Å². The third-order valence-electron chi connectivity index (χ3n) is 1.77. The van der Waals surface area contributed by atoms with Crippen LogP contribution in [-0.2, 0) is 9.53 Å². The van der Waals surface area contributed by atoms with E-state index in [1.165, 1.54) is 6.92 Å². The van der Waals surface area contributed by atoms with Crippen LogP contribution in [0.4, 0.5) is 0 Å². The zero-order valence-corrected chi connectivity index (χ0v) is 7.60. The van der Waals surface area contributed by atoms with E-state index in [4.69, 9.17) is 4.74 Å². The minimum atomic E-state index is -0.342. The number of nitrogens with one attached hydrogen (secondary N) is 1. The molecule has 11 heavy (non-hydrogen) atoms. The van der Waals surface area contributed by atoms with Crippen LogP contribution in [0.25, 0.3) is 0 Å². The molecule has 0 aliphatic rings. The summed E-state index contributed by atoms with van der Waals surface area (Å²) in [6.45, 7) is 5.84. The number of rotatable bonds is 4. The largest absolute Gasteiger partial charge is 0.386 e. The monoisotopic (exact) mass is 156 g/mol. The number of methoxy groups -OCH3 is 1. The van der Waals surface area contributed by atoms with Gasteiger partial charge in [0.15, 0.2) is 7.28 Å². The summed E-state index contributed by atoms with van der Waals surface area (Å²) in [6, 6.07) is 0. The quantitative estimate of drug-likeness (QED) is 0.592. The second-order valence-corrected chi connectivity index (χ2v) is 2.72. The van der Waals surface area contributed by atoms with Gasteiger partial charge in [-0.3, -0.25) is 4.79 Å². The molecule has 0 aliphatic carbocycles. The summed E-state index contributed by atoms with van der Waals surface area (Å²) >= 11 is 0. The van der Waals surface area contributed by atoms with Crippen molar-refractivity contribution >= 4 is 13.2 Å². The third-order valence-corrected chi connectivity index (χ3v) is 1.77. The van der Waals surface area contributed by atoms with Gasteiger partial charge in [-0.25, -0.2) is 0 Å². The van der Waals surface area contributed by atoms with Gasteiger partial charge in [-0.2, -0.15) is 0 Å². The van der Waals surface area contributed by atoms with Gasteiger partial charge in [0.25, 0.3) is 0 Å². The molecular weight excluding hydrogens is 141 g/mol. The van der Waals surface area contributed by atoms with Crippen molar-refractivity contribution in [2.75, 3.05) is 13.7 Å². The summed E-state index contributed by atoms with van der Waals surface area (Å²) in [7, 11) is 3.55. The van der Waals surface area contributed by atoms with E-state index >= 15 is 0 Å². The van der Waals surface area contributed by atoms with Crippen LogP contribution in [0.15, 0.2) is 0 Å². The fourth-order valence-electron chi connectivity index (χ4n) is 0.592. The molecule has 0 aromatic heterocycles. The second kappa shape index (κ2) is 4.39. The normalized spacial score (nSPS) is 15.3. The Bertz CT molecular complexity index is 134. The molecule has 1 unspecified atom stereocenters. The summed E-state index contributed by atoms with van der Waals surface area (Å²) in [5.74, 6) is -0.0323. The summed E-state index contributed by atoms with van der Waals surface area (Å²) in [6.07, 6.45) is 0. The van der Waals surface area contributed by atoms with Gasteiger partial charge in [0.2, 0.25) is 5.91 Å². The molecule has 0 spiro atoms. The van der Waals surface area contributed by atoms with Gasteiger partial charge < -0.3 is 10.1 Å². The van der Waals surface area contributed by atoms with Crippen LogP contribution < -0.4 is 5.32 Å². The number of hydrogen-bond acceptors (Lipinski definition) is 2. The number of ether oxygens (including phenoxy) is 1. The Labute approximate surface area is 68.7 Å². The average Bonchev–Trinajstić information content (AvgIpc) is 2.00. The molecule has 1 amide bonds. The molecule has 0 aromatic rings. The molecule has 0 aromatic carbocycles. The fraction of sp³-hybridized carbons (Fsp3) is 0.857. The molecule has 0 heterocycles. The summed E-state index contributed by atoms with van der Waals surface area (Å²) in [5, 5.41) is 2.69. The summed E-state index contributed by atoms with van der Waals surface area (Å²) in [4.78, 5) is 10.5. The lowest BCUT2D eigenvalue weighted by Gasteiger charge is -2.26. The van der Waals surface area contributed by atoms with E-state index in [0.717, 1.165) is 0 Å². The molecule has 1 atom stereocenters. The van der Waals surface area contributed by atoms with E-state index in [1.54, 1.807) is 7.11 Å². The van der Waals surface area contributed by atoms with Crippen molar-refractivity contribution in [1.29, 1.82) is 0 Å². The first kappa shape index (κ1) is 10.5. The van der Waals surface area contributed by atoms with E-state index in [-0.39, 0.29) is 11.4 Å². The predicted octanol–water partition coefficient (Wildman–Crippen LogP) is 0.237. The maximum absolute atomic E-state index is 10.5. The molecule has 3 nitrogen and oxygen atoms in total. The molecule has 0 aliphatic heterocycles. The van der Waals surface area contributed by atoms with Crippen molar-refractivity contribution in [2.45, 2.75) is 26.2 Å². The van der Waals surface area contributed by atoms with Crippen molar-refractivity contribution in [3.8, 4) is 0 Å². The number of carbonyl (C=O) groups excluding carboxylic acids is 1. The maximum Gasteiger partial charge on any atom is 0.216 e. The highest BCUT2D eigenvalue weighted by molar-refractivity contribution is 6.37. The fourth-order valence-corrected chi connectivity index (χ4v) is 0.592. The highest BCUT2D eigenvalue weighted by Gasteiger charge is 2.21. The van der Waals surface area contributed by atoms with Crippen LogP contribution in [0.1, 0.15) is 13.8 Å². The second-order valence-electron chi connectivity index (χ2n) is 2.72. The van der Waals surface area contributed by atoms with E-state index < -0.39 is 0 Å². The van der Waals surface area contributed by atoms with Crippen LogP contribution in [0.3, 0.4) is 0 Å². The lowest BCUT2D eigenvalue weighted by molar-refractivity contribution is -0.119. The smallest absolute Gasteiger partial charge is 0.216 e. The minimum Gasteiger partial charge on any atom is -0.386 e. The van der Waals surface area contributed by atoms with Gasteiger partial charge in [-0.15, -0.1) is 0 Å². The molecule has 1 radical (unpaired) electrons. The van der Waals surface area contributed by atoms with E-state index in [1.807, 2.05) is 21.0 Å². The summed E-state index contributed by atoms with van der Waals surface area (Å²) in [5.41, 5.74) is -0.342. The molecule has 1 N–H and O–H groups in total. The Morgan fingerprint density at radius 1 is 1.73 bits per heavy atom. The lowest BCUT2D eigenvalue weighted by Crippen LogP contribution is -2.45. The van der Waals surface area contributed by atoms with Crippen LogP contribution in [0, 0.1) is 0 Å². The zero-order valence-electron chi connectivity index (χ0n) is 7.60. The Morgan fingerprint density at radius 3 is 2.55 bits per heavy atom. The highest BCUT2D eigenvalue weighted by Crippen LogP contribution is 2.04. The Hall–Kier alpha value is -0.505. The Kier molecular flexibility index (Phi) is 4.19. The van der Waals surface area contributed by atoms with Gasteiger partial charge in [0.05, 0.1) is 0 Å². The van der Waals surface area contributed by atoms with Crippen molar-refractivity contribution in [3.05, 3.63) is 0 Å². The van der Waals surface area contributed by atoms with Crippen molar-refractivity contribution < 1.29 is 9.53 Å². The van der Waals surface area contributed by atoms with E-state index in [2.05, 4.69) is 5.32 Å². The SMILES string of the molecule is C[B]C(C)(CNC(C)=O)OC. The standard InChI is InChI=1S/C7H15BNO2/c1-6(10)9-5-7(2,8-3)11-4/h5H2,1-4H3,(H,9,10). The highest BCUT2D eigenvalue weighted by atomic mass is 16.5. The van der Waals surface area contributed by atoms with Crippen LogP contribution >= 0.6 is 0 Å². The number of hydrogen-bond donors (Lipinski definition) is 1. The van der Waals surface area contributed by atoms with Crippen LogP contribution in [-0.4, -0.2) is 32.3 Å². The average molecular weight is 156 g/mol. The predicted molar refractivity (Wildman–Crippen MR) is 45.7 cm³/mol. The molecule has 0 fully saturated rings. The van der Waals surface area contributed by atoms with Gasteiger partial charge in [0.1, 0.15) is 0 Å². The molecule has 4 heteroatoms. The van der Waals surface area contributed by atoms with Gasteiger partial charge in [-0.1, -0.05) is 6.82 Å². The van der Waals surface area contributed by atoms with Gasteiger partial charge >= 0.3 is 0 Å². The lowest BCUT2D eigenvalue weighted by atomic mass is 9.63. The molecule has 0 rings (SSSR count). The molecule has 0 bridgehead atoms. The number of carbonyl (C=O) groups is 1. The minimum absolute atomic E-state index is 0.0323. The third kappa shape index (κ3) is 4.04. The first-order valence-electron chi connectivity index (χ1n) is 3.64. The summed E-state index contributed by atoms with van der Waals surface area (Å²) < 4.78 is 5.17. The molecular formula is C7H15BNO2. The first-order valence-corrected chi connectivity index (χ1v) is 3.64. The van der Waals surface area contributed by atoms with Crippen LogP contribution in [0.5, 0.6) is 0 Å². The zero-order chi connectivity index (χ0) is 8.91. The number of amides is 1. The Balaban J connectivity index is 3.78. The van der Waals surface area contributed by atoms with Crippen molar-refractivity contribution in [3.63, 3.8) is 0 Å². The van der Waals surface area contributed by atoms with Crippen molar-refractivity contribution in [1.82, 2.24) is 5.32 Å². The van der Waals surface area contributed by atoms with Gasteiger partial charge in [0, 0.05) is 26.1 Å². The van der Waals surface area contributed by atoms with E-state index in [0.29, 0.717) is 6.54 Å². The first-order chi connectivity index (χ1) is 5.04. The van der Waals surface area contributed by atoms with E-state index in [9.17, 15) is 4.79 Å².